The van der Waals surface area contributed by atoms with Crippen molar-refractivity contribution in [1.29, 1.82) is 0 Å². The van der Waals surface area contributed by atoms with Crippen LogP contribution in [0.3, 0.4) is 0 Å². The lowest BCUT2D eigenvalue weighted by molar-refractivity contribution is -0.385. The van der Waals surface area contributed by atoms with Crippen LogP contribution >= 0.6 is 11.6 Å². The van der Waals surface area contributed by atoms with E-state index >= 15 is 0 Å². The fourth-order valence-corrected chi connectivity index (χ4v) is 3.99. The number of hydrogen-bond donors (Lipinski definition) is 1. The first-order valence-corrected chi connectivity index (χ1v) is 10.8. The van der Waals surface area contributed by atoms with Crippen molar-refractivity contribution in [1.82, 2.24) is 10.2 Å². The average Bonchev–Trinajstić information content (AvgIpc) is 3.26. The summed E-state index contributed by atoms with van der Waals surface area (Å²) in [5.74, 6) is -0.560. The predicted octanol–water partition coefficient (Wildman–Crippen LogP) is 4.27. The molecule has 0 radical (unpaired) electrons. The largest absolute Gasteiger partial charge is 0.352 e. The van der Waals surface area contributed by atoms with Gasteiger partial charge >= 0.3 is 0 Å². The summed E-state index contributed by atoms with van der Waals surface area (Å²) in [4.78, 5) is 38.4. The number of benzene rings is 2. The van der Waals surface area contributed by atoms with Gasteiger partial charge in [0, 0.05) is 29.2 Å². The van der Waals surface area contributed by atoms with E-state index in [1.54, 1.807) is 49.4 Å². The molecule has 3 rings (SSSR count). The minimum Gasteiger partial charge on any atom is -0.352 e. The molecule has 7 nitrogen and oxygen atoms in total. The highest BCUT2D eigenvalue weighted by molar-refractivity contribution is 6.30. The first kappa shape index (κ1) is 22.7. The van der Waals surface area contributed by atoms with Gasteiger partial charge in [0.15, 0.2) is 0 Å². The Hall–Kier alpha value is -2.93. The van der Waals surface area contributed by atoms with E-state index in [1.807, 2.05) is 0 Å². The third-order valence-electron chi connectivity index (χ3n) is 5.67. The van der Waals surface area contributed by atoms with Gasteiger partial charge in [-0.2, -0.15) is 0 Å². The zero-order chi connectivity index (χ0) is 22.4. The van der Waals surface area contributed by atoms with Gasteiger partial charge in [0.25, 0.3) is 5.69 Å². The van der Waals surface area contributed by atoms with Crippen LogP contribution in [0, 0.1) is 10.1 Å². The molecule has 0 bridgehead atoms. The molecule has 164 valence electrons. The molecule has 1 N–H and O–H groups in total. The zero-order valence-electron chi connectivity index (χ0n) is 17.4. The van der Waals surface area contributed by atoms with Gasteiger partial charge in [0.1, 0.15) is 6.04 Å². The van der Waals surface area contributed by atoms with E-state index in [0.717, 1.165) is 31.2 Å². The van der Waals surface area contributed by atoms with Crippen molar-refractivity contribution in [2.75, 3.05) is 0 Å². The Morgan fingerprint density at radius 3 is 2.45 bits per heavy atom. The van der Waals surface area contributed by atoms with Gasteiger partial charge in [0.05, 0.1) is 11.3 Å². The van der Waals surface area contributed by atoms with Crippen molar-refractivity contribution in [3.05, 3.63) is 74.8 Å². The van der Waals surface area contributed by atoms with E-state index in [2.05, 4.69) is 5.32 Å². The van der Waals surface area contributed by atoms with Gasteiger partial charge in [-0.3, -0.25) is 19.7 Å². The van der Waals surface area contributed by atoms with Gasteiger partial charge in [0.2, 0.25) is 11.8 Å². The third kappa shape index (κ3) is 6.04. The van der Waals surface area contributed by atoms with E-state index in [-0.39, 0.29) is 36.5 Å². The normalized spacial score (nSPS) is 14.8. The SMILES string of the molecule is CC(C(=O)NC1CCCC1)N(Cc1ccc(Cl)cc1)C(=O)Cc1ccccc1[N+](=O)[O-]. The number of amides is 2. The Bertz CT molecular complexity index is 942. The second-order valence-corrected chi connectivity index (χ2v) is 8.31. The Morgan fingerprint density at radius 1 is 1.16 bits per heavy atom. The van der Waals surface area contributed by atoms with E-state index in [9.17, 15) is 19.7 Å². The molecule has 2 amide bonds. The quantitative estimate of drug-likeness (QED) is 0.487. The van der Waals surface area contributed by atoms with Crippen LogP contribution in [0.5, 0.6) is 0 Å². The van der Waals surface area contributed by atoms with E-state index in [4.69, 9.17) is 11.6 Å². The van der Waals surface area contributed by atoms with Crippen molar-refractivity contribution in [3.8, 4) is 0 Å². The summed E-state index contributed by atoms with van der Waals surface area (Å²) in [6.45, 7) is 1.90. The smallest absolute Gasteiger partial charge is 0.273 e. The van der Waals surface area contributed by atoms with E-state index in [0.29, 0.717) is 10.6 Å². The van der Waals surface area contributed by atoms with E-state index in [1.165, 1.54) is 11.0 Å². The number of halogens is 1. The molecule has 31 heavy (non-hydrogen) atoms. The lowest BCUT2D eigenvalue weighted by Gasteiger charge is -2.30. The summed E-state index contributed by atoms with van der Waals surface area (Å²) in [6.07, 6.45) is 3.90. The topological polar surface area (TPSA) is 92.6 Å². The molecule has 2 aromatic carbocycles. The molecular formula is C23H26ClN3O4. The van der Waals surface area contributed by atoms with Gasteiger partial charge < -0.3 is 10.2 Å². The first-order valence-electron chi connectivity index (χ1n) is 10.4. The lowest BCUT2D eigenvalue weighted by Crippen LogP contribution is -2.50. The minimum absolute atomic E-state index is 0.106. The van der Waals surface area contributed by atoms with Crippen LogP contribution in [0.1, 0.15) is 43.7 Å². The number of nitro benzene ring substituents is 1. The Kier molecular flexibility index (Phi) is 7.63. The molecule has 1 aliphatic carbocycles. The van der Waals surface area contributed by atoms with Crippen molar-refractivity contribution in [2.24, 2.45) is 0 Å². The average molecular weight is 444 g/mol. The Balaban J connectivity index is 1.81. The molecule has 1 unspecified atom stereocenters. The number of hydrogen-bond acceptors (Lipinski definition) is 4. The highest BCUT2D eigenvalue weighted by atomic mass is 35.5. The first-order chi connectivity index (χ1) is 14.8. The molecule has 8 heteroatoms. The minimum atomic E-state index is -0.716. The van der Waals surface area contributed by atoms with Crippen molar-refractivity contribution >= 4 is 29.1 Å². The molecule has 1 aliphatic rings. The summed E-state index contributed by atoms with van der Waals surface area (Å²) in [5.41, 5.74) is 1.04. The van der Waals surface area contributed by atoms with Gasteiger partial charge in [-0.05, 0) is 37.5 Å². The van der Waals surface area contributed by atoms with Crippen LogP contribution in [-0.4, -0.2) is 33.7 Å². The van der Waals surface area contributed by atoms with Gasteiger partial charge in [-0.15, -0.1) is 0 Å². The van der Waals surface area contributed by atoms with Crippen molar-refractivity contribution < 1.29 is 14.5 Å². The number of carbonyl (C=O) groups excluding carboxylic acids is 2. The number of nitrogens with zero attached hydrogens (tertiary/aromatic N) is 2. The van der Waals surface area contributed by atoms with Gasteiger partial charge in [-0.25, -0.2) is 0 Å². The molecule has 0 spiro atoms. The second kappa shape index (κ2) is 10.4. The predicted molar refractivity (Wildman–Crippen MR) is 119 cm³/mol. The summed E-state index contributed by atoms with van der Waals surface area (Å²) < 4.78 is 0. The fourth-order valence-electron chi connectivity index (χ4n) is 3.86. The summed E-state index contributed by atoms with van der Waals surface area (Å²) >= 11 is 5.96. The van der Waals surface area contributed by atoms with Crippen molar-refractivity contribution in [2.45, 2.75) is 57.7 Å². The summed E-state index contributed by atoms with van der Waals surface area (Å²) in [6, 6.07) is 12.6. The van der Waals surface area contributed by atoms with Crippen LogP contribution in [0.15, 0.2) is 48.5 Å². The van der Waals surface area contributed by atoms with Crippen LogP contribution in [0.25, 0.3) is 0 Å². The van der Waals surface area contributed by atoms with Crippen molar-refractivity contribution in [3.63, 3.8) is 0 Å². The lowest BCUT2D eigenvalue weighted by atomic mass is 10.1. The maximum atomic E-state index is 13.2. The number of nitro groups is 1. The third-order valence-corrected chi connectivity index (χ3v) is 5.92. The summed E-state index contributed by atoms with van der Waals surface area (Å²) in [7, 11) is 0. The highest BCUT2D eigenvalue weighted by Gasteiger charge is 2.29. The Labute approximate surface area is 186 Å². The molecular weight excluding hydrogens is 418 g/mol. The Morgan fingerprint density at radius 2 is 1.81 bits per heavy atom. The van der Waals surface area contributed by atoms with Crippen LogP contribution in [0.4, 0.5) is 5.69 Å². The van der Waals surface area contributed by atoms with E-state index < -0.39 is 11.0 Å². The molecule has 1 saturated carbocycles. The van der Waals surface area contributed by atoms with Crippen LogP contribution in [0.2, 0.25) is 5.02 Å². The zero-order valence-corrected chi connectivity index (χ0v) is 18.2. The standard InChI is InChI=1S/C23H26ClN3O4/c1-16(23(29)25-20-7-3-4-8-20)26(15-17-10-12-19(24)13-11-17)22(28)14-18-6-2-5-9-21(18)27(30)31/h2,5-6,9-13,16,20H,3-4,7-8,14-15H2,1H3,(H,25,29). The number of rotatable bonds is 8. The van der Waals surface area contributed by atoms with Crippen LogP contribution in [-0.2, 0) is 22.6 Å². The maximum Gasteiger partial charge on any atom is 0.273 e. The summed E-state index contributed by atoms with van der Waals surface area (Å²) in [5, 5.41) is 15.0. The monoisotopic (exact) mass is 443 g/mol. The van der Waals surface area contributed by atoms with Gasteiger partial charge in [-0.1, -0.05) is 54.8 Å². The maximum absolute atomic E-state index is 13.2. The molecule has 2 aromatic rings. The molecule has 0 saturated heterocycles. The molecule has 0 aliphatic heterocycles. The second-order valence-electron chi connectivity index (χ2n) is 7.88. The number of carbonyl (C=O) groups is 2. The molecule has 1 atom stereocenters. The fraction of sp³-hybridized carbons (Fsp3) is 0.391. The van der Waals surface area contributed by atoms with Crippen LogP contribution < -0.4 is 5.32 Å². The number of nitrogens with one attached hydrogen (secondary N) is 1. The molecule has 0 aromatic heterocycles. The highest BCUT2D eigenvalue weighted by Crippen LogP contribution is 2.22. The number of para-hydroxylation sites is 1. The molecule has 1 fully saturated rings. The molecule has 0 heterocycles.